The number of carbonyl (C=O) groups is 1. The van der Waals surface area contributed by atoms with Gasteiger partial charge in [0.1, 0.15) is 0 Å². The standard InChI is InChI=1S/C22H35N3O2/c1-24(2)21(26)9-12-25-13-10-22(11-14-25,17-27-3)16-23-20-15-19(20)18-7-5-4-6-8-18/h4-8,19-20,23H,9-17H2,1-3H3. The molecule has 5 heteroatoms. The number of nitrogens with one attached hydrogen (secondary N) is 1. The molecule has 1 aliphatic carbocycles. The van der Waals surface area contributed by atoms with Crippen LogP contribution < -0.4 is 5.32 Å². The van der Waals surface area contributed by atoms with E-state index in [1.165, 1.54) is 12.0 Å². The van der Waals surface area contributed by atoms with E-state index in [-0.39, 0.29) is 11.3 Å². The van der Waals surface area contributed by atoms with E-state index in [0.717, 1.165) is 45.6 Å². The third kappa shape index (κ3) is 5.53. The smallest absolute Gasteiger partial charge is 0.223 e. The summed E-state index contributed by atoms with van der Waals surface area (Å²) in [6.45, 7) is 4.82. The summed E-state index contributed by atoms with van der Waals surface area (Å²) in [5.41, 5.74) is 1.68. The normalized spacial score (nSPS) is 24.6. The second kappa shape index (κ2) is 9.18. The molecule has 1 aromatic rings. The van der Waals surface area contributed by atoms with E-state index in [2.05, 4.69) is 40.5 Å². The van der Waals surface area contributed by atoms with Gasteiger partial charge in [0.05, 0.1) is 6.61 Å². The van der Waals surface area contributed by atoms with Crippen molar-refractivity contribution in [3.8, 4) is 0 Å². The average molecular weight is 374 g/mol. The molecular weight excluding hydrogens is 338 g/mol. The van der Waals surface area contributed by atoms with E-state index >= 15 is 0 Å². The number of piperidine rings is 1. The van der Waals surface area contributed by atoms with Gasteiger partial charge in [-0.25, -0.2) is 0 Å². The topological polar surface area (TPSA) is 44.8 Å². The number of benzene rings is 1. The Hall–Kier alpha value is -1.43. The number of carbonyl (C=O) groups excluding carboxylic acids is 1. The molecule has 0 aromatic heterocycles. The Kier molecular flexibility index (Phi) is 6.90. The predicted octanol–water partition coefficient (Wildman–Crippen LogP) is 2.34. The molecule has 150 valence electrons. The second-order valence-corrected chi connectivity index (χ2v) is 8.55. The van der Waals surface area contributed by atoms with Crippen LogP contribution in [0.15, 0.2) is 30.3 Å². The number of rotatable bonds is 9. The molecule has 1 aromatic carbocycles. The van der Waals surface area contributed by atoms with Crippen LogP contribution in [0.1, 0.15) is 37.2 Å². The molecule has 0 bridgehead atoms. The van der Waals surface area contributed by atoms with Gasteiger partial charge in [0, 0.05) is 58.1 Å². The summed E-state index contributed by atoms with van der Waals surface area (Å²) in [6.07, 6.45) is 4.12. The minimum absolute atomic E-state index is 0.214. The third-order valence-electron chi connectivity index (χ3n) is 6.27. The lowest BCUT2D eigenvalue weighted by Gasteiger charge is -2.41. The first-order valence-corrected chi connectivity index (χ1v) is 10.2. The molecule has 5 nitrogen and oxygen atoms in total. The monoisotopic (exact) mass is 373 g/mol. The fourth-order valence-corrected chi connectivity index (χ4v) is 4.24. The van der Waals surface area contributed by atoms with Crippen molar-refractivity contribution >= 4 is 5.91 Å². The van der Waals surface area contributed by atoms with Gasteiger partial charge in [-0.05, 0) is 37.9 Å². The molecule has 2 atom stereocenters. The Bertz CT molecular complexity index is 597. The van der Waals surface area contributed by atoms with Gasteiger partial charge in [-0.1, -0.05) is 30.3 Å². The maximum absolute atomic E-state index is 11.8. The van der Waals surface area contributed by atoms with Crippen molar-refractivity contribution < 1.29 is 9.53 Å². The van der Waals surface area contributed by atoms with E-state index in [1.807, 2.05) is 21.2 Å². The first-order valence-electron chi connectivity index (χ1n) is 10.2. The molecule has 1 saturated carbocycles. The van der Waals surface area contributed by atoms with Gasteiger partial charge in [0.25, 0.3) is 0 Å². The molecule has 1 N–H and O–H groups in total. The van der Waals surface area contributed by atoms with Crippen LogP contribution >= 0.6 is 0 Å². The number of ether oxygens (including phenoxy) is 1. The van der Waals surface area contributed by atoms with Crippen molar-refractivity contribution in [2.75, 3.05) is 54.0 Å². The van der Waals surface area contributed by atoms with E-state index in [9.17, 15) is 4.79 Å². The summed E-state index contributed by atoms with van der Waals surface area (Å²) in [5.74, 6) is 0.883. The molecule has 1 amide bonds. The third-order valence-corrected chi connectivity index (χ3v) is 6.27. The van der Waals surface area contributed by atoms with E-state index in [0.29, 0.717) is 18.4 Å². The molecule has 1 saturated heterocycles. The van der Waals surface area contributed by atoms with Crippen LogP contribution in [0, 0.1) is 5.41 Å². The molecule has 3 rings (SSSR count). The van der Waals surface area contributed by atoms with E-state index in [4.69, 9.17) is 4.74 Å². The lowest BCUT2D eigenvalue weighted by Crippen LogP contribution is -2.48. The Balaban J connectivity index is 1.44. The average Bonchev–Trinajstić information content (AvgIpc) is 3.46. The van der Waals surface area contributed by atoms with Gasteiger partial charge in [0.2, 0.25) is 5.91 Å². The van der Waals surface area contributed by atoms with Crippen LogP contribution in [0.3, 0.4) is 0 Å². The molecule has 0 spiro atoms. The predicted molar refractivity (Wildman–Crippen MR) is 109 cm³/mol. The number of hydrogen-bond donors (Lipinski definition) is 1. The lowest BCUT2D eigenvalue weighted by molar-refractivity contribution is -0.129. The maximum Gasteiger partial charge on any atom is 0.223 e. The highest BCUT2D eigenvalue weighted by molar-refractivity contribution is 5.75. The molecular formula is C22H35N3O2. The van der Waals surface area contributed by atoms with Crippen LogP contribution in [-0.2, 0) is 9.53 Å². The van der Waals surface area contributed by atoms with Crippen molar-refractivity contribution in [1.82, 2.24) is 15.1 Å². The highest BCUT2D eigenvalue weighted by Gasteiger charge is 2.41. The Morgan fingerprint density at radius 1 is 1.26 bits per heavy atom. The maximum atomic E-state index is 11.8. The Morgan fingerprint density at radius 2 is 1.96 bits per heavy atom. The largest absolute Gasteiger partial charge is 0.384 e. The van der Waals surface area contributed by atoms with Gasteiger partial charge in [0.15, 0.2) is 0 Å². The molecule has 1 aliphatic heterocycles. The first-order chi connectivity index (χ1) is 13.0. The Labute approximate surface area is 164 Å². The van der Waals surface area contributed by atoms with Gasteiger partial charge >= 0.3 is 0 Å². The van der Waals surface area contributed by atoms with Crippen LogP contribution in [0.4, 0.5) is 0 Å². The molecule has 27 heavy (non-hydrogen) atoms. The highest BCUT2D eigenvalue weighted by atomic mass is 16.5. The quantitative estimate of drug-likeness (QED) is 0.722. The SMILES string of the molecule is COCC1(CNC2CC2c2ccccc2)CCN(CCC(=O)N(C)C)CC1. The zero-order valence-electron chi connectivity index (χ0n) is 17.1. The van der Waals surface area contributed by atoms with Crippen molar-refractivity contribution in [3.05, 3.63) is 35.9 Å². The lowest BCUT2D eigenvalue weighted by atomic mass is 9.78. The molecule has 1 heterocycles. The van der Waals surface area contributed by atoms with E-state index in [1.54, 1.807) is 4.90 Å². The zero-order valence-corrected chi connectivity index (χ0v) is 17.1. The van der Waals surface area contributed by atoms with Crippen molar-refractivity contribution in [3.63, 3.8) is 0 Å². The van der Waals surface area contributed by atoms with Crippen LogP contribution in [0.2, 0.25) is 0 Å². The Morgan fingerprint density at radius 3 is 2.59 bits per heavy atom. The summed E-state index contributed by atoms with van der Waals surface area (Å²) in [5, 5.41) is 3.82. The van der Waals surface area contributed by atoms with Crippen molar-refractivity contribution in [2.45, 2.75) is 37.6 Å². The zero-order chi connectivity index (χ0) is 19.3. The van der Waals surface area contributed by atoms with Gasteiger partial charge < -0.3 is 19.9 Å². The van der Waals surface area contributed by atoms with Crippen LogP contribution in [0.25, 0.3) is 0 Å². The number of hydrogen-bond acceptors (Lipinski definition) is 4. The first kappa shape index (κ1) is 20.3. The fraction of sp³-hybridized carbons (Fsp3) is 0.682. The number of nitrogens with zero attached hydrogens (tertiary/aromatic N) is 2. The number of methoxy groups -OCH3 is 1. The molecule has 2 fully saturated rings. The molecule has 2 unspecified atom stereocenters. The summed E-state index contributed by atoms with van der Waals surface area (Å²) in [7, 11) is 5.47. The molecule has 2 aliphatic rings. The summed E-state index contributed by atoms with van der Waals surface area (Å²) in [6, 6.07) is 11.4. The van der Waals surface area contributed by atoms with Crippen LogP contribution in [-0.4, -0.2) is 75.7 Å². The summed E-state index contributed by atoms with van der Waals surface area (Å²) >= 11 is 0. The van der Waals surface area contributed by atoms with E-state index < -0.39 is 0 Å². The minimum atomic E-state index is 0.214. The van der Waals surface area contributed by atoms with Gasteiger partial charge in [-0.3, -0.25) is 4.79 Å². The molecule has 0 radical (unpaired) electrons. The minimum Gasteiger partial charge on any atom is -0.384 e. The van der Waals surface area contributed by atoms with Crippen molar-refractivity contribution in [2.24, 2.45) is 5.41 Å². The highest BCUT2D eigenvalue weighted by Crippen LogP contribution is 2.41. The second-order valence-electron chi connectivity index (χ2n) is 8.55. The van der Waals surface area contributed by atoms with Crippen molar-refractivity contribution in [1.29, 1.82) is 0 Å². The number of likely N-dealkylation sites (tertiary alicyclic amines) is 1. The number of amides is 1. The van der Waals surface area contributed by atoms with Crippen LogP contribution in [0.5, 0.6) is 0 Å². The fourth-order valence-electron chi connectivity index (χ4n) is 4.24. The summed E-state index contributed by atoms with van der Waals surface area (Å²) in [4.78, 5) is 15.9. The van der Waals surface area contributed by atoms with Gasteiger partial charge in [-0.15, -0.1) is 0 Å². The summed E-state index contributed by atoms with van der Waals surface area (Å²) < 4.78 is 5.59. The van der Waals surface area contributed by atoms with Gasteiger partial charge in [-0.2, -0.15) is 0 Å².